The van der Waals surface area contributed by atoms with Crippen molar-refractivity contribution in [3.05, 3.63) is 42.2 Å². The number of carbonyl (C=O) groups is 1. The molecule has 1 aliphatic heterocycles. The molecule has 0 unspecified atom stereocenters. The Morgan fingerprint density at radius 1 is 1.06 bits per heavy atom. The standard InChI is InChI=1S/C24H35N5O3/c1-24(2,3)32-23(30)27(4)12-13-28-14-16-29(17-15-28)22-21(25-10-11-26-22)20-8-6-19(7-9-20)18-31-5/h6-11H,12-18H2,1-5H3. The van der Waals surface area contributed by atoms with E-state index in [9.17, 15) is 4.79 Å². The third kappa shape index (κ3) is 6.64. The van der Waals surface area contributed by atoms with Crippen LogP contribution in [0.3, 0.4) is 0 Å². The van der Waals surface area contributed by atoms with E-state index in [1.54, 1.807) is 31.5 Å². The van der Waals surface area contributed by atoms with Crippen LogP contribution < -0.4 is 4.90 Å². The lowest BCUT2D eigenvalue weighted by molar-refractivity contribution is 0.0282. The fraction of sp³-hybridized carbons (Fsp3) is 0.542. The van der Waals surface area contributed by atoms with Crippen LogP contribution in [0.1, 0.15) is 26.3 Å². The molecule has 8 heteroatoms. The SMILES string of the molecule is COCc1ccc(-c2nccnc2N2CCN(CCN(C)C(=O)OC(C)(C)C)CC2)cc1. The van der Waals surface area contributed by atoms with Gasteiger partial charge in [-0.15, -0.1) is 0 Å². The van der Waals surface area contributed by atoms with Gasteiger partial charge in [0.15, 0.2) is 5.82 Å². The minimum atomic E-state index is -0.477. The van der Waals surface area contributed by atoms with E-state index in [4.69, 9.17) is 9.47 Å². The number of hydrogen-bond donors (Lipinski definition) is 0. The monoisotopic (exact) mass is 441 g/mol. The number of anilines is 1. The number of hydrogen-bond acceptors (Lipinski definition) is 7. The van der Waals surface area contributed by atoms with Crippen molar-refractivity contribution in [3.63, 3.8) is 0 Å². The fourth-order valence-electron chi connectivity index (χ4n) is 3.60. The van der Waals surface area contributed by atoms with Gasteiger partial charge in [-0.1, -0.05) is 24.3 Å². The Balaban J connectivity index is 1.56. The number of aromatic nitrogens is 2. The van der Waals surface area contributed by atoms with Crippen molar-refractivity contribution >= 4 is 11.9 Å². The second kappa shape index (κ2) is 10.7. The highest BCUT2D eigenvalue weighted by atomic mass is 16.6. The van der Waals surface area contributed by atoms with Crippen LogP contribution in [0.2, 0.25) is 0 Å². The Kier molecular flexibility index (Phi) is 8.04. The molecule has 0 saturated carbocycles. The Hall–Kier alpha value is -2.71. The summed E-state index contributed by atoms with van der Waals surface area (Å²) in [5.41, 5.74) is 2.60. The first-order chi connectivity index (χ1) is 15.3. The van der Waals surface area contributed by atoms with Gasteiger partial charge in [-0.25, -0.2) is 9.78 Å². The maximum Gasteiger partial charge on any atom is 0.410 e. The van der Waals surface area contributed by atoms with Crippen LogP contribution >= 0.6 is 0 Å². The Morgan fingerprint density at radius 2 is 1.72 bits per heavy atom. The number of benzene rings is 1. The van der Waals surface area contributed by atoms with Crippen molar-refractivity contribution in [2.45, 2.75) is 33.0 Å². The summed E-state index contributed by atoms with van der Waals surface area (Å²) in [7, 11) is 3.48. The summed E-state index contributed by atoms with van der Waals surface area (Å²) in [6.07, 6.45) is 3.21. The molecule has 1 amide bonds. The van der Waals surface area contributed by atoms with E-state index in [2.05, 4.69) is 44.0 Å². The van der Waals surface area contributed by atoms with E-state index < -0.39 is 5.60 Å². The largest absolute Gasteiger partial charge is 0.444 e. The van der Waals surface area contributed by atoms with Crippen molar-refractivity contribution in [2.24, 2.45) is 0 Å². The molecule has 0 N–H and O–H groups in total. The zero-order valence-corrected chi connectivity index (χ0v) is 19.9. The van der Waals surface area contributed by atoms with Crippen molar-refractivity contribution in [2.75, 3.05) is 58.3 Å². The number of carbonyl (C=O) groups excluding carboxylic acids is 1. The van der Waals surface area contributed by atoms with Gasteiger partial charge in [0.1, 0.15) is 11.3 Å². The second-order valence-corrected chi connectivity index (χ2v) is 9.09. The van der Waals surface area contributed by atoms with Crippen LogP contribution in [0.5, 0.6) is 0 Å². The third-order valence-corrected chi connectivity index (χ3v) is 5.35. The van der Waals surface area contributed by atoms with Gasteiger partial charge in [-0.2, -0.15) is 0 Å². The van der Waals surface area contributed by atoms with Crippen LogP contribution in [0.25, 0.3) is 11.3 Å². The molecule has 0 radical (unpaired) electrons. The molecule has 32 heavy (non-hydrogen) atoms. The summed E-state index contributed by atoms with van der Waals surface area (Å²) in [6.45, 7) is 11.2. The Bertz CT molecular complexity index is 874. The second-order valence-electron chi connectivity index (χ2n) is 9.09. The molecule has 174 valence electrons. The lowest BCUT2D eigenvalue weighted by Gasteiger charge is -2.36. The van der Waals surface area contributed by atoms with Crippen LogP contribution in [0, 0.1) is 0 Å². The molecule has 0 atom stereocenters. The van der Waals surface area contributed by atoms with E-state index in [1.165, 1.54) is 0 Å². The van der Waals surface area contributed by atoms with Crippen molar-refractivity contribution < 1.29 is 14.3 Å². The number of amides is 1. The molecule has 2 heterocycles. The third-order valence-electron chi connectivity index (χ3n) is 5.35. The van der Waals surface area contributed by atoms with Crippen molar-refractivity contribution in [3.8, 4) is 11.3 Å². The molecule has 1 aliphatic rings. The summed E-state index contributed by atoms with van der Waals surface area (Å²) in [5, 5.41) is 0. The van der Waals surface area contributed by atoms with Crippen LogP contribution in [0.15, 0.2) is 36.7 Å². The predicted molar refractivity (Wildman–Crippen MR) is 126 cm³/mol. The molecule has 1 saturated heterocycles. The number of likely N-dealkylation sites (N-methyl/N-ethyl adjacent to an activating group) is 1. The molecule has 0 bridgehead atoms. The van der Waals surface area contributed by atoms with E-state index in [1.807, 2.05) is 20.8 Å². The van der Waals surface area contributed by atoms with Gasteiger partial charge in [-0.3, -0.25) is 9.88 Å². The number of rotatable bonds is 7. The van der Waals surface area contributed by atoms with Gasteiger partial charge < -0.3 is 19.3 Å². The number of nitrogens with zero attached hydrogens (tertiary/aromatic N) is 5. The quantitative estimate of drug-likeness (QED) is 0.653. The lowest BCUT2D eigenvalue weighted by atomic mass is 10.1. The summed E-state index contributed by atoms with van der Waals surface area (Å²) < 4.78 is 10.6. The molecule has 1 fully saturated rings. The van der Waals surface area contributed by atoms with E-state index >= 15 is 0 Å². The molecule has 3 rings (SSSR count). The molecular weight excluding hydrogens is 406 g/mol. The van der Waals surface area contributed by atoms with Crippen LogP contribution in [0.4, 0.5) is 10.6 Å². The first-order valence-electron chi connectivity index (χ1n) is 11.1. The minimum absolute atomic E-state index is 0.281. The first kappa shape index (κ1) is 23.9. The Labute approximate surface area is 191 Å². The lowest BCUT2D eigenvalue weighted by Crippen LogP contribution is -2.49. The van der Waals surface area contributed by atoms with E-state index in [0.717, 1.165) is 55.4 Å². The molecule has 0 spiro atoms. The molecule has 1 aromatic heterocycles. The first-order valence-corrected chi connectivity index (χ1v) is 11.1. The van der Waals surface area contributed by atoms with Gasteiger partial charge in [-0.05, 0) is 26.3 Å². The summed E-state index contributed by atoms with van der Waals surface area (Å²) in [6, 6.07) is 8.28. The maximum atomic E-state index is 12.2. The molecule has 0 aliphatic carbocycles. The zero-order valence-electron chi connectivity index (χ0n) is 19.9. The smallest absolute Gasteiger partial charge is 0.410 e. The minimum Gasteiger partial charge on any atom is -0.444 e. The number of piperazine rings is 1. The van der Waals surface area contributed by atoms with Crippen molar-refractivity contribution in [1.82, 2.24) is 19.8 Å². The molecule has 8 nitrogen and oxygen atoms in total. The molecular formula is C24H35N5O3. The van der Waals surface area contributed by atoms with Gasteiger partial charge >= 0.3 is 6.09 Å². The van der Waals surface area contributed by atoms with Crippen LogP contribution in [-0.4, -0.2) is 84.9 Å². The maximum absolute atomic E-state index is 12.2. The summed E-state index contributed by atoms with van der Waals surface area (Å²) in [4.78, 5) is 27.7. The fourth-order valence-corrected chi connectivity index (χ4v) is 3.60. The summed E-state index contributed by atoms with van der Waals surface area (Å²) in [5.74, 6) is 0.914. The van der Waals surface area contributed by atoms with E-state index in [-0.39, 0.29) is 6.09 Å². The van der Waals surface area contributed by atoms with Gasteiger partial charge in [0.25, 0.3) is 0 Å². The highest BCUT2D eigenvalue weighted by Gasteiger charge is 2.23. The molecule has 2 aromatic rings. The summed E-state index contributed by atoms with van der Waals surface area (Å²) >= 11 is 0. The normalized spacial score (nSPS) is 15.0. The number of methoxy groups -OCH3 is 1. The van der Waals surface area contributed by atoms with E-state index in [0.29, 0.717) is 13.2 Å². The highest BCUT2D eigenvalue weighted by molar-refractivity contribution is 5.72. The zero-order chi connectivity index (χ0) is 23.1. The number of ether oxygens (including phenoxy) is 2. The average molecular weight is 442 g/mol. The van der Waals surface area contributed by atoms with Crippen molar-refractivity contribution in [1.29, 1.82) is 0 Å². The van der Waals surface area contributed by atoms with Gasteiger partial charge in [0, 0.05) is 71.4 Å². The Morgan fingerprint density at radius 3 is 2.34 bits per heavy atom. The average Bonchev–Trinajstić information content (AvgIpc) is 2.77. The molecule has 1 aromatic carbocycles. The topological polar surface area (TPSA) is 71.0 Å². The van der Waals surface area contributed by atoms with Gasteiger partial charge in [0.2, 0.25) is 0 Å². The predicted octanol–water partition coefficient (Wildman–Crippen LogP) is 3.28. The van der Waals surface area contributed by atoms with Crippen LogP contribution in [-0.2, 0) is 16.1 Å². The highest BCUT2D eigenvalue weighted by Crippen LogP contribution is 2.27. The van der Waals surface area contributed by atoms with Gasteiger partial charge in [0.05, 0.1) is 6.61 Å².